The van der Waals surface area contributed by atoms with Crippen LogP contribution in [0.25, 0.3) is 0 Å². The van der Waals surface area contributed by atoms with Gasteiger partial charge in [-0.3, -0.25) is 19.7 Å². The van der Waals surface area contributed by atoms with Gasteiger partial charge in [0.1, 0.15) is 5.69 Å². The lowest BCUT2D eigenvalue weighted by Gasteiger charge is -2.06. The Balaban J connectivity index is 2.19. The highest BCUT2D eigenvalue weighted by atomic mass is 35.5. The van der Waals surface area contributed by atoms with Gasteiger partial charge in [-0.05, 0) is 6.07 Å². The Morgan fingerprint density at radius 3 is 2.81 bits per heavy atom. The number of nitrogens with zero attached hydrogens (tertiary/aromatic N) is 1. The number of nitrogen functional groups attached to an aromatic ring is 1. The molecular weight excluding hydrogens is 320 g/mol. The highest BCUT2D eigenvalue weighted by molar-refractivity contribution is 7.07. The van der Waals surface area contributed by atoms with E-state index in [1.807, 2.05) is 0 Å². The minimum absolute atomic E-state index is 0.0125. The van der Waals surface area contributed by atoms with E-state index >= 15 is 0 Å². The average molecular weight is 329 g/mol. The van der Waals surface area contributed by atoms with Crippen molar-refractivity contribution in [1.29, 1.82) is 0 Å². The molecule has 0 fully saturated rings. The summed E-state index contributed by atoms with van der Waals surface area (Å²) in [5, 5.41) is 14.8. The topological polar surface area (TPSA) is 131 Å². The molecule has 0 atom stereocenters. The van der Waals surface area contributed by atoms with Crippen LogP contribution in [0.2, 0.25) is 5.02 Å². The molecule has 0 aliphatic heterocycles. The molecule has 4 N–H and O–H groups in total. The number of aromatic amines is 1. The molecule has 8 nitrogen and oxygen atoms in total. The fraction of sp³-hybridized carbons (Fsp3) is 0.0909. The van der Waals surface area contributed by atoms with Crippen LogP contribution in [0.15, 0.2) is 22.3 Å². The number of hydrogen-bond acceptors (Lipinski definition) is 6. The molecule has 0 saturated heterocycles. The molecule has 0 aliphatic rings. The average Bonchev–Trinajstić information content (AvgIpc) is 2.84. The van der Waals surface area contributed by atoms with Crippen molar-refractivity contribution in [3.63, 3.8) is 0 Å². The Labute approximate surface area is 126 Å². The van der Waals surface area contributed by atoms with Gasteiger partial charge >= 0.3 is 4.87 Å². The molecular formula is C11H9ClN4O4S. The molecule has 110 valence electrons. The number of amides is 1. The second kappa shape index (κ2) is 5.94. The molecule has 2 rings (SSSR count). The number of nitro groups is 1. The number of halogens is 1. The van der Waals surface area contributed by atoms with Crippen molar-refractivity contribution in [2.45, 2.75) is 6.54 Å². The normalized spacial score (nSPS) is 10.3. The first-order chi connectivity index (χ1) is 9.88. The van der Waals surface area contributed by atoms with Crippen molar-refractivity contribution < 1.29 is 9.72 Å². The van der Waals surface area contributed by atoms with Crippen molar-refractivity contribution in [2.24, 2.45) is 0 Å². The number of rotatable bonds is 4. The number of thiazole rings is 1. The molecule has 10 heteroatoms. The third-order valence-electron chi connectivity index (χ3n) is 2.58. The molecule has 0 unspecified atom stereocenters. The summed E-state index contributed by atoms with van der Waals surface area (Å²) in [6, 6.07) is 2.29. The monoisotopic (exact) mass is 328 g/mol. The fourth-order valence-corrected chi connectivity index (χ4v) is 2.36. The number of hydrogen-bond donors (Lipinski definition) is 3. The maximum Gasteiger partial charge on any atom is 0.304 e. The Morgan fingerprint density at radius 2 is 2.24 bits per heavy atom. The fourth-order valence-electron chi connectivity index (χ4n) is 1.56. The highest BCUT2D eigenvalue weighted by Crippen LogP contribution is 2.30. The zero-order valence-corrected chi connectivity index (χ0v) is 12.0. The predicted molar refractivity (Wildman–Crippen MR) is 78.6 cm³/mol. The largest absolute Gasteiger partial charge is 0.392 e. The van der Waals surface area contributed by atoms with Crippen LogP contribution in [0.4, 0.5) is 11.4 Å². The zero-order chi connectivity index (χ0) is 15.6. The van der Waals surface area contributed by atoms with Crippen LogP contribution >= 0.6 is 22.9 Å². The number of benzene rings is 1. The molecule has 1 aromatic carbocycles. The predicted octanol–water partition coefficient (Wildman–Crippen LogP) is 1.51. The smallest absolute Gasteiger partial charge is 0.304 e. The lowest BCUT2D eigenvalue weighted by molar-refractivity contribution is -0.383. The van der Waals surface area contributed by atoms with E-state index in [4.69, 9.17) is 17.3 Å². The zero-order valence-electron chi connectivity index (χ0n) is 10.4. The quantitative estimate of drug-likeness (QED) is 0.444. The van der Waals surface area contributed by atoms with Crippen LogP contribution in [0.3, 0.4) is 0 Å². The molecule has 1 amide bonds. The number of nitro benzene ring substituents is 1. The maximum atomic E-state index is 11.9. The number of aromatic nitrogens is 1. The van der Waals surface area contributed by atoms with Crippen molar-refractivity contribution >= 4 is 40.2 Å². The summed E-state index contributed by atoms with van der Waals surface area (Å²) in [6.07, 6.45) is 0. The summed E-state index contributed by atoms with van der Waals surface area (Å²) in [6.45, 7) is 0.0906. The molecule has 0 bridgehead atoms. The highest BCUT2D eigenvalue weighted by Gasteiger charge is 2.19. The minimum atomic E-state index is -0.714. The third kappa shape index (κ3) is 3.38. The summed E-state index contributed by atoms with van der Waals surface area (Å²) in [7, 11) is 0. The van der Waals surface area contributed by atoms with Crippen molar-refractivity contribution in [2.75, 3.05) is 5.73 Å². The van der Waals surface area contributed by atoms with E-state index in [-0.39, 0.29) is 27.7 Å². The van der Waals surface area contributed by atoms with Crippen molar-refractivity contribution in [1.82, 2.24) is 10.3 Å². The second-order valence-corrected chi connectivity index (χ2v) is 5.25. The van der Waals surface area contributed by atoms with E-state index < -0.39 is 16.5 Å². The lowest BCUT2D eigenvalue weighted by Crippen LogP contribution is -2.23. The molecule has 0 aliphatic carbocycles. The molecule has 21 heavy (non-hydrogen) atoms. The number of H-pyrrole nitrogens is 1. The van der Waals surface area contributed by atoms with Crippen LogP contribution in [0.1, 0.15) is 16.1 Å². The first kappa shape index (κ1) is 15.0. The Kier molecular flexibility index (Phi) is 4.24. The van der Waals surface area contributed by atoms with Gasteiger partial charge in [-0.15, -0.1) is 0 Å². The summed E-state index contributed by atoms with van der Waals surface area (Å²) < 4.78 is 0. The number of nitrogens with one attached hydrogen (secondary N) is 2. The number of carbonyl (C=O) groups is 1. The summed E-state index contributed by atoms with van der Waals surface area (Å²) >= 11 is 6.75. The first-order valence-corrected chi connectivity index (χ1v) is 6.82. The molecule has 2 aromatic rings. The van der Waals surface area contributed by atoms with E-state index in [0.29, 0.717) is 5.69 Å². The Hall–Kier alpha value is -2.39. The van der Waals surface area contributed by atoms with Gasteiger partial charge in [0.15, 0.2) is 0 Å². The third-order valence-corrected chi connectivity index (χ3v) is 3.61. The van der Waals surface area contributed by atoms with Crippen LogP contribution < -0.4 is 15.9 Å². The molecule has 1 heterocycles. The summed E-state index contributed by atoms with van der Waals surface area (Å²) in [4.78, 5) is 35.3. The molecule has 0 spiro atoms. The summed E-state index contributed by atoms with van der Waals surface area (Å²) in [5.41, 5.74) is 5.40. The van der Waals surface area contributed by atoms with E-state index in [1.54, 1.807) is 5.38 Å². The number of nitrogens with two attached hydrogens (primary N) is 1. The number of carbonyl (C=O) groups excluding carboxylic acids is 1. The lowest BCUT2D eigenvalue weighted by atomic mass is 10.1. The van der Waals surface area contributed by atoms with Crippen LogP contribution in [0.5, 0.6) is 0 Å². The summed E-state index contributed by atoms with van der Waals surface area (Å²) in [5.74, 6) is -0.563. The van der Waals surface area contributed by atoms with Gasteiger partial charge in [0.25, 0.3) is 11.6 Å². The van der Waals surface area contributed by atoms with Gasteiger partial charge < -0.3 is 16.0 Å². The van der Waals surface area contributed by atoms with Crippen molar-refractivity contribution in [3.8, 4) is 0 Å². The van der Waals surface area contributed by atoms with E-state index in [1.165, 1.54) is 6.07 Å². The van der Waals surface area contributed by atoms with Gasteiger partial charge in [-0.25, -0.2) is 0 Å². The van der Waals surface area contributed by atoms with E-state index in [2.05, 4.69) is 10.3 Å². The second-order valence-electron chi connectivity index (χ2n) is 4.00. The van der Waals surface area contributed by atoms with Crippen molar-refractivity contribution in [3.05, 3.63) is 53.6 Å². The van der Waals surface area contributed by atoms with E-state index in [9.17, 15) is 19.7 Å². The first-order valence-electron chi connectivity index (χ1n) is 5.56. The minimum Gasteiger partial charge on any atom is -0.392 e. The standard InChI is InChI=1S/C11H9ClN4O4S/c12-7-1-5(2-8(9(7)13)16(19)20)10(17)14-3-6-4-21-11(18)15-6/h1-2,4H,3,13H2,(H,14,17)(H,15,18). The Morgan fingerprint density at radius 1 is 1.52 bits per heavy atom. The molecule has 1 aromatic heterocycles. The van der Waals surface area contributed by atoms with Crippen LogP contribution in [-0.4, -0.2) is 15.8 Å². The van der Waals surface area contributed by atoms with Gasteiger partial charge in [-0.1, -0.05) is 22.9 Å². The van der Waals surface area contributed by atoms with Crippen LogP contribution in [0, 0.1) is 10.1 Å². The molecule has 0 saturated carbocycles. The molecule has 0 radical (unpaired) electrons. The number of anilines is 1. The van der Waals surface area contributed by atoms with E-state index in [0.717, 1.165) is 17.4 Å². The Bertz CT molecular complexity index is 770. The van der Waals surface area contributed by atoms with Gasteiger partial charge in [0.2, 0.25) is 0 Å². The maximum absolute atomic E-state index is 11.9. The van der Waals surface area contributed by atoms with Gasteiger partial charge in [0.05, 0.1) is 16.5 Å². The van der Waals surface area contributed by atoms with Gasteiger partial charge in [-0.2, -0.15) is 0 Å². The SMILES string of the molecule is Nc1c(Cl)cc(C(=O)NCc2csc(=O)[nH]2)cc1[N+](=O)[O-]. The van der Waals surface area contributed by atoms with Crippen LogP contribution in [-0.2, 0) is 6.54 Å². The van der Waals surface area contributed by atoms with Gasteiger partial charge in [0, 0.05) is 22.7 Å².